The van der Waals surface area contributed by atoms with E-state index < -0.39 is 29.2 Å². The maximum Gasteiger partial charge on any atom is 0.251 e. The third-order valence-corrected chi connectivity index (χ3v) is 3.47. The molecule has 0 saturated heterocycles. The zero-order valence-electron chi connectivity index (χ0n) is 12.8. The minimum absolute atomic E-state index is 0.303. The van der Waals surface area contributed by atoms with Gasteiger partial charge < -0.3 is 15.2 Å². The third-order valence-electron chi connectivity index (χ3n) is 3.47. The van der Waals surface area contributed by atoms with Gasteiger partial charge in [-0.05, 0) is 42.8 Å². The van der Waals surface area contributed by atoms with Crippen molar-refractivity contribution < 1.29 is 23.4 Å². The zero-order chi connectivity index (χ0) is 17.0. The van der Waals surface area contributed by atoms with E-state index in [4.69, 9.17) is 4.74 Å². The molecule has 6 heteroatoms. The summed E-state index contributed by atoms with van der Waals surface area (Å²) in [5.41, 5.74) is 0.625. The molecule has 0 saturated carbocycles. The Morgan fingerprint density at radius 2 is 1.91 bits per heavy atom. The Bertz CT molecular complexity index is 699. The number of halogens is 2. The van der Waals surface area contributed by atoms with Crippen LogP contribution in [0.15, 0.2) is 36.4 Å². The predicted octanol–water partition coefficient (Wildman–Crippen LogP) is 2.75. The topological polar surface area (TPSA) is 58.6 Å². The second-order valence-electron chi connectivity index (χ2n) is 5.04. The normalized spacial score (nSPS) is 11.9. The number of methoxy groups -OCH3 is 1. The van der Waals surface area contributed by atoms with Crippen molar-refractivity contribution in [1.82, 2.24) is 5.32 Å². The molecule has 0 bridgehead atoms. The number of hydrogen-bond donors (Lipinski definition) is 2. The number of aryl methyl sites for hydroxylation is 1. The van der Waals surface area contributed by atoms with Gasteiger partial charge in [-0.15, -0.1) is 0 Å². The number of carbonyl (C=O) groups excluding carboxylic acids is 1. The van der Waals surface area contributed by atoms with Crippen LogP contribution in [0.4, 0.5) is 8.78 Å². The molecule has 23 heavy (non-hydrogen) atoms. The SMILES string of the molecule is COc1ccc(C(=O)NCC(O)c2c(F)cccc2F)c(C)c1. The number of hydrogen-bond acceptors (Lipinski definition) is 3. The summed E-state index contributed by atoms with van der Waals surface area (Å²) in [6.45, 7) is 1.44. The van der Waals surface area contributed by atoms with E-state index in [-0.39, 0.29) is 6.54 Å². The monoisotopic (exact) mass is 321 g/mol. The summed E-state index contributed by atoms with van der Waals surface area (Å²) in [6, 6.07) is 8.23. The van der Waals surface area contributed by atoms with E-state index in [0.717, 1.165) is 12.1 Å². The van der Waals surface area contributed by atoms with Crippen LogP contribution in [0.2, 0.25) is 0 Å². The van der Waals surface area contributed by atoms with Crippen LogP contribution in [-0.4, -0.2) is 24.7 Å². The quantitative estimate of drug-likeness (QED) is 0.890. The molecular weight excluding hydrogens is 304 g/mol. The van der Waals surface area contributed by atoms with Gasteiger partial charge in [0, 0.05) is 12.1 Å². The molecule has 2 aromatic carbocycles. The lowest BCUT2D eigenvalue weighted by atomic mass is 10.1. The fraction of sp³-hybridized carbons (Fsp3) is 0.235. The second-order valence-corrected chi connectivity index (χ2v) is 5.04. The van der Waals surface area contributed by atoms with Crippen molar-refractivity contribution in [2.45, 2.75) is 13.0 Å². The van der Waals surface area contributed by atoms with Gasteiger partial charge in [0.25, 0.3) is 5.91 Å². The first kappa shape index (κ1) is 16.9. The highest BCUT2D eigenvalue weighted by atomic mass is 19.1. The van der Waals surface area contributed by atoms with Crippen LogP contribution in [0.25, 0.3) is 0 Å². The van der Waals surface area contributed by atoms with Crippen LogP contribution in [0.3, 0.4) is 0 Å². The average molecular weight is 321 g/mol. The van der Waals surface area contributed by atoms with E-state index in [2.05, 4.69) is 5.32 Å². The molecule has 0 heterocycles. The summed E-state index contributed by atoms with van der Waals surface area (Å²) < 4.78 is 32.2. The number of amides is 1. The van der Waals surface area contributed by atoms with Crippen molar-refractivity contribution in [2.75, 3.05) is 13.7 Å². The Hall–Kier alpha value is -2.47. The molecular formula is C17H17F2NO3. The number of carbonyl (C=O) groups is 1. The molecule has 0 aliphatic carbocycles. The van der Waals surface area contributed by atoms with Crippen molar-refractivity contribution in [3.05, 3.63) is 64.7 Å². The van der Waals surface area contributed by atoms with Crippen molar-refractivity contribution in [1.29, 1.82) is 0 Å². The lowest BCUT2D eigenvalue weighted by Gasteiger charge is -2.14. The lowest BCUT2D eigenvalue weighted by Crippen LogP contribution is -2.29. The summed E-state index contributed by atoms with van der Waals surface area (Å²) in [5.74, 6) is -1.53. The third kappa shape index (κ3) is 3.84. The average Bonchev–Trinajstić information content (AvgIpc) is 2.52. The molecule has 4 nitrogen and oxygen atoms in total. The van der Waals surface area contributed by atoms with E-state index >= 15 is 0 Å². The maximum atomic E-state index is 13.6. The van der Waals surface area contributed by atoms with E-state index in [9.17, 15) is 18.7 Å². The standard InChI is InChI=1S/C17H17F2NO3/c1-10-8-11(23-2)6-7-12(10)17(22)20-9-15(21)16-13(18)4-3-5-14(16)19/h3-8,15,21H,9H2,1-2H3,(H,20,22). The summed E-state index contributed by atoms with van der Waals surface area (Å²) in [6.07, 6.45) is -1.47. The van der Waals surface area contributed by atoms with Crippen LogP contribution in [0, 0.1) is 18.6 Å². The minimum atomic E-state index is -1.47. The van der Waals surface area contributed by atoms with Gasteiger partial charge in [0.1, 0.15) is 23.5 Å². The fourth-order valence-electron chi connectivity index (χ4n) is 2.23. The van der Waals surface area contributed by atoms with Crippen LogP contribution in [0.1, 0.15) is 27.6 Å². The number of rotatable bonds is 5. The van der Waals surface area contributed by atoms with Crippen LogP contribution >= 0.6 is 0 Å². The lowest BCUT2D eigenvalue weighted by molar-refractivity contribution is 0.0910. The summed E-state index contributed by atoms with van der Waals surface area (Å²) in [7, 11) is 1.52. The molecule has 122 valence electrons. The van der Waals surface area contributed by atoms with E-state index in [1.54, 1.807) is 25.1 Å². The maximum absolute atomic E-state index is 13.6. The minimum Gasteiger partial charge on any atom is -0.497 e. The number of benzene rings is 2. The number of nitrogens with one attached hydrogen (secondary N) is 1. The van der Waals surface area contributed by atoms with E-state index in [1.807, 2.05) is 0 Å². The molecule has 1 atom stereocenters. The van der Waals surface area contributed by atoms with E-state index in [0.29, 0.717) is 16.9 Å². The molecule has 2 aromatic rings. The molecule has 2 N–H and O–H groups in total. The van der Waals surface area contributed by atoms with Gasteiger partial charge in [0.2, 0.25) is 0 Å². The highest BCUT2D eigenvalue weighted by Crippen LogP contribution is 2.21. The highest BCUT2D eigenvalue weighted by molar-refractivity contribution is 5.95. The summed E-state index contributed by atoms with van der Waals surface area (Å²) in [4.78, 5) is 12.1. The Kier molecular flexibility index (Phi) is 5.28. The zero-order valence-corrected chi connectivity index (χ0v) is 12.8. The van der Waals surface area contributed by atoms with E-state index in [1.165, 1.54) is 13.2 Å². The molecule has 0 aliphatic heterocycles. The molecule has 0 radical (unpaired) electrons. The van der Waals surface area contributed by atoms with Crippen molar-refractivity contribution in [3.8, 4) is 5.75 Å². The first-order valence-electron chi connectivity index (χ1n) is 6.99. The first-order valence-corrected chi connectivity index (χ1v) is 6.99. The summed E-state index contributed by atoms with van der Waals surface area (Å²) in [5, 5.41) is 12.4. The molecule has 2 rings (SSSR count). The Morgan fingerprint density at radius 1 is 1.26 bits per heavy atom. The molecule has 1 amide bonds. The predicted molar refractivity (Wildman–Crippen MR) is 81.4 cm³/mol. The smallest absolute Gasteiger partial charge is 0.251 e. The van der Waals surface area contributed by atoms with Crippen LogP contribution in [-0.2, 0) is 0 Å². The van der Waals surface area contributed by atoms with Gasteiger partial charge in [0.05, 0.1) is 12.7 Å². The Labute approximate surface area is 132 Å². The Morgan fingerprint density at radius 3 is 2.48 bits per heavy atom. The van der Waals surface area contributed by atoms with Crippen LogP contribution < -0.4 is 10.1 Å². The number of ether oxygens (including phenoxy) is 1. The van der Waals surface area contributed by atoms with Crippen molar-refractivity contribution in [2.24, 2.45) is 0 Å². The Balaban J connectivity index is 2.07. The van der Waals surface area contributed by atoms with Gasteiger partial charge >= 0.3 is 0 Å². The number of aliphatic hydroxyl groups is 1. The van der Waals surface area contributed by atoms with Gasteiger partial charge in [-0.1, -0.05) is 6.07 Å². The van der Waals surface area contributed by atoms with Crippen molar-refractivity contribution in [3.63, 3.8) is 0 Å². The van der Waals surface area contributed by atoms with Crippen LogP contribution in [0.5, 0.6) is 5.75 Å². The molecule has 0 fully saturated rings. The number of aliphatic hydroxyl groups excluding tert-OH is 1. The van der Waals surface area contributed by atoms with Gasteiger partial charge in [0.15, 0.2) is 0 Å². The molecule has 0 aromatic heterocycles. The first-order chi connectivity index (χ1) is 10.9. The summed E-state index contributed by atoms with van der Waals surface area (Å²) >= 11 is 0. The van der Waals surface area contributed by atoms with Gasteiger partial charge in [-0.2, -0.15) is 0 Å². The molecule has 1 unspecified atom stereocenters. The van der Waals surface area contributed by atoms with Gasteiger partial charge in [-0.25, -0.2) is 8.78 Å². The highest BCUT2D eigenvalue weighted by Gasteiger charge is 2.19. The second kappa shape index (κ2) is 7.19. The largest absolute Gasteiger partial charge is 0.497 e. The molecule has 0 aliphatic rings. The van der Waals surface area contributed by atoms with Gasteiger partial charge in [-0.3, -0.25) is 4.79 Å². The molecule has 0 spiro atoms. The fourth-order valence-corrected chi connectivity index (χ4v) is 2.23. The van der Waals surface area contributed by atoms with Crippen molar-refractivity contribution >= 4 is 5.91 Å².